The number of carbonyl (C=O) groups is 1. The van der Waals surface area contributed by atoms with Gasteiger partial charge in [-0.1, -0.05) is 11.6 Å². The highest BCUT2D eigenvalue weighted by Crippen LogP contribution is 2.38. The quantitative estimate of drug-likeness (QED) is 0.263. The summed E-state index contributed by atoms with van der Waals surface area (Å²) < 4.78 is 84.0. The monoisotopic (exact) mass is 660 g/mol. The van der Waals surface area contributed by atoms with Crippen LogP contribution >= 0.6 is 11.5 Å². The minimum atomic E-state index is -4.90. The van der Waals surface area contributed by atoms with E-state index in [4.69, 9.17) is 9.47 Å². The molecule has 3 aromatic carbocycles. The summed E-state index contributed by atoms with van der Waals surface area (Å²) in [6.07, 6.45) is -4.90. The van der Waals surface area contributed by atoms with E-state index < -0.39 is 45.7 Å². The van der Waals surface area contributed by atoms with Crippen LogP contribution in [0.4, 0.5) is 13.2 Å². The first kappa shape index (κ1) is 31.5. The van der Waals surface area contributed by atoms with E-state index in [2.05, 4.69) is 4.37 Å². The predicted molar refractivity (Wildman–Crippen MR) is 159 cm³/mol. The number of carbonyl (C=O) groups excluding carboxylic acids is 1. The second kappa shape index (κ2) is 11.9. The topological polar surface area (TPSA) is 139 Å². The van der Waals surface area contributed by atoms with E-state index in [0.29, 0.717) is 42.3 Å². The Bertz CT molecular complexity index is 2170. The van der Waals surface area contributed by atoms with Crippen LogP contribution in [0.1, 0.15) is 11.3 Å². The van der Waals surface area contributed by atoms with E-state index in [1.807, 2.05) is 4.72 Å². The maximum atomic E-state index is 13.3. The van der Waals surface area contributed by atoms with Gasteiger partial charge in [-0.05, 0) is 73.1 Å². The molecule has 45 heavy (non-hydrogen) atoms. The second-order valence-corrected chi connectivity index (χ2v) is 12.2. The molecular formula is C29H23F3N4O7S2. The summed E-state index contributed by atoms with van der Waals surface area (Å²) in [6.45, 7) is 1.13. The Kier molecular flexibility index (Phi) is 8.29. The molecule has 234 valence electrons. The van der Waals surface area contributed by atoms with Crippen LogP contribution < -0.4 is 25.4 Å². The van der Waals surface area contributed by atoms with Gasteiger partial charge in [0.05, 0.1) is 28.1 Å². The number of amides is 1. The highest BCUT2D eigenvalue weighted by Gasteiger charge is 2.35. The minimum absolute atomic E-state index is 0.0153. The molecule has 0 aliphatic rings. The van der Waals surface area contributed by atoms with E-state index in [1.54, 1.807) is 31.2 Å². The zero-order valence-electron chi connectivity index (χ0n) is 23.7. The fraction of sp³-hybridized carbons (Fsp3) is 0.172. The van der Waals surface area contributed by atoms with Crippen molar-refractivity contribution in [3.05, 3.63) is 98.8 Å². The first-order valence-corrected chi connectivity index (χ1v) is 15.2. The van der Waals surface area contributed by atoms with Gasteiger partial charge in [0.2, 0.25) is 0 Å². The Morgan fingerprint density at radius 2 is 1.73 bits per heavy atom. The van der Waals surface area contributed by atoms with Crippen molar-refractivity contribution in [2.75, 3.05) is 13.7 Å². The van der Waals surface area contributed by atoms with Crippen LogP contribution in [0.5, 0.6) is 11.5 Å². The number of rotatable bonds is 8. The average molecular weight is 661 g/mol. The normalized spacial score (nSPS) is 11.9. The third-order valence-corrected chi connectivity index (χ3v) is 8.90. The standard InChI is InChI=1S/C29H23F3N4O7S2/c1-16-4-10-22(43-15-25(37)34-45(40,41)19-8-6-18(42-3)7-9-19)20(12-16)27-21-13-17(5-11-23(21)44-33-27)36-26(38)14-24(29(30,31)32)35(2)28(36)39/h4-14H,15H2,1-3H3,(H,34,37). The van der Waals surface area contributed by atoms with Gasteiger partial charge >= 0.3 is 11.9 Å². The molecule has 11 nitrogen and oxygen atoms in total. The average Bonchev–Trinajstić information content (AvgIpc) is 3.41. The molecular weight excluding hydrogens is 637 g/mol. The van der Waals surface area contributed by atoms with Gasteiger partial charge in [0, 0.05) is 24.1 Å². The highest BCUT2D eigenvalue weighted by molar-refractivity contribution is 7.90. The van der Waals surface area contributed by atoms with Crippen molar-refractivity contribution < 1.29 is 35.9 Å². The highest BCUT2D eigenvalue weighted by atomic mass is 32.2. The third kappa shape index (κ3) is 6.32. The van der Waals surface area contributed by atoms with Crippen molar-refractivity contribution in [1.29, 1.82) is 0 Å². The lowest BCUT2D eigenvalue weighted by atomic mass is 10.0. The van der Waals surface area contributed by atoms with Gasteiger partial charge in [0.15, 0.2) is 6.61 Å². The number of fused-ring (bicyclic) bond motifs is 1. The van der Waals surface area contributed by atoms with Crippen LogP contribution in [-0.2, 0) is 28.0 Å². The number of nitrogens with zero attached hydrogens (tertiary/aromatic N) is 3. The van der Waals surface area contributed by atoms with Gasteiger partial charge in [-0.2, -0.15) is 17.5 Å². The zero-order valence-corrected chi connectivity index (χ0v) is 25.3. The molecule has 0 fully saturated rings. The molecule has 0 radical (unpaired) electrons. The summed E-state index contributed by atoms with van der Waals surface area (Å²) >= 11 is 1.08. The number of sulfonamides is 1. The largest absolute Gasteiger partial charge is 0.497 e. The molecule has 0 aliphatic carbocycles. The Hall–Kier alpha value is -4.96. The van der Waals surface area contributed by atoms with Gasteiger partial charge in [-0.3, -0.25) is 14.2 Å². The molecule has 0 atom stereocenters. The lowest BCUT2D eigenvalue weighted by Crippen LogP contribution is -2.40. The Morgan fingerprint density at radius 1 is 1.02 bits per heavy atom. The fourth-order valence-corrected chi connectivity index (χ4v) is 6.23. The van der Waals surface area contributed by atoms with Crippen molar-refractivity contribution in [1.82, 2.24) is 18.2 Å². The molecule has 16 heteroatoms. The molecule has 0 saturated heterocycles. The van der Waals surface area contributed by atoms with Gasteiger partial charge in [-0.25, -0.2) is 22.5 Å². The smallest absolute Gasteiger partial charge is 0.431 e. The zero-order chi connectivity index (χ0) is 32.7. The van der Waals surface area contributed by atoms with Crippen molar-refractivity contribution in [3.8, 4) is 28.4 Å². The summed E-state index contributed by atoms with van der Waals surface area (Å²) in [6, 6.07) is 15.2. The van der Waals surface area contributed by atoms with Crippen LogP contribution in [0.25, 0.3) is 27.0 Å². The maximum absolute atomic E-state index is 13.3. The van der Waals surface area contributed by atoms with E-state index in [-0.39, 0.29) is 16.3 Å². The molecule has 0 bridgehead atoms. The molecule has 0 unspecified atom stereocenters. The van der Waals surface area contributed by atoms with Crippen LogP contribution in [0.2, 0.25) is 0 Å². The SMILES string of the molecule is COc1ccc(S(=O)(=O)NC(=O)COc2ccc(C)cc2-c2nsc3ccc(-n4c(=O)cc(C(F)(F)F)n(C)c4=O)cc23)cc1. The van der Waals surface area contributed by atoms with E-state index in [1.165, 1.54) is 43.5 Å². The van der Waals surface area contributed by atoms with Gasteiger partial charge in [0.25, 0.3) is 21.5 Å². The molecule has 5 rings (SSSR count). The first-order valence-electron chi connectivity index (χ1n) is 12.9. The number of methoxy groups -OCH3 is 1. The number of alkyl halides is 3. The Morgan fingerprint density at radius 3 is 2.40 bits per heavy atom. The van der Waals surface area contributed by atoms with Crippen LogP contribution in [-0.4, -0.2) is 41.5 Å². The molecule has 5 aromatic rings. The predicted octanol–water partition coefficient (Wildman–Crippen LogP) is 4.03. The number of aromatic nitrogens is 3. The number of ether oxygens (including phenoxy) is 2. The first-order chi connectivity index (χ1) is 21.2. The second-order valence-electron chi connectivity index (χ2n) is 9.75. The van der Waals surface area contributed by atoms with Crippen LogP contribution in [0.3, 0.4) is 0 Å². The number of halogens is 3. The molecule has 0 saturated carbocycles. The minimum Gasteiger partial charge on any atom is -0.497 e. The van der Waals surface area contributed by atoms with E-state index >= 15 is 0 Å². The Labute approximate surface area is 257 Å². The van der Waals surface area contributed by atoms with Crippen LogP contribution in [0.15, 0.2) is 81.2 Å². The van der Waals surface area contributed by atoms with Crippen molar-refractivity contribution >= 4 is 37.5 Å². The summed E-state index contributed by atoms with van der Waals surface area (Å²) in [7, 11) is -1.84. The summed E-state index contributed by atoms with van der Waals surface area (Å²) in [4.78, 5) is 38.0. The molecule has 1 amide bonds. The number of nitrogens with one attached hydrogen (secondary N) is 1. The molecule has 1 N–H and O–H groups in total. The molecule has 2 aromatic heterocycles. The summed E-state index contributed by atoms with van der Waals surface area (Å²) in [5.74, 6) is -0.329. The lowest BCUT2D eigenvalue weighted by molar-refractivity contribution is -0.144. The number of hydrogen-bond acceptors (Lipinski definition) is 9. The lowest BCUT2D eigenvalue weighted by Gasteiger charge is -2.14. The molecule has 0 aliphatic heterocycles. The maximum Gasteiger partial charge on any atom is 0.431 e. The fourth-order valence-electron chi connectivity index (χ4n) is 4.49. The van der Waals surface area contributed by atoms with Gasteiger partial charge in [0.1, 0.15) is 17.2 Å². The van der Waals surface area contributed by atoms with Crippen molar-refractivity contribution in [2.24, 2.45) is 7.05 Å². The Balaban J connectivity index is 1.46. The summed E-state index contributed by atoms with van der Waals surface area (Å²) in [5, 5.41) is 0.452. The third-order valence-electron chi connectivity index (χ3n) is 6.69. The van der Waals surface area contributed by atoms with Crippen LogP contribution in [0, 0.1) is 6.92 Å². The number of aryl methyl sites for hydroxylation is 1. The molecule has 2 heterocycles. The molecule has 0 spiro atoms. The van der Waals surface area contributed by atoms with Crippen molar-refractivity contribution in [2.45, 2.75) is 18.0 Å². The van der Waals surface area contributed by atoms with Crippen molar-refractivity contribution in [3.63, 3.8) is 0 Å². The summed E-state index contributed by atoms with van der Waals surface area (Å²) in [5.41, 5.74) is -2.17. The van der Waals surface area contributed by atoms with Gasteiger partial charge < -0.3 is 9.47 Å². The van der Waals surface area contributed by atoms with Gasteiger partial charge in [-0.15, -0.1) is 0 Å². The van der Waals surface area contributed by atoms with E-state index in [0.717, 1.165) is 24.1 Å². The van der Waals surface area contributed by atoms with E-state index in [9.17, 15) is 36.0 Å². The number of hydrogen-bond donors (Lipinski definition) is 1. The number of benzene rings is 3.